The standard InChI is InChI=1S/C12H11N3O2/c1-8-6-13-12(14-7-8)15-10-4-2-9(3-5-10)11(16)17/h2-7H,1H3,(H,16,17)(H,13,14,15). The number of nitrogens with one attached hydrogen (secondary N) is 1. The Morgan fingerprint density at radius 3 is 2.29 bits per heavy atom. The zero-order chi connectivity index (χ0) is 12.3. The number of carbonyl (C=O) groups is 1. The number of carboxylic acids is 1. The molecule has 0 amide bonds. The molecule has 0 aliphatic carbocycles. The van der Waals surface area contributed by atoms with E-state index in [-0.39, 0.29) is 5.56 Å². The monoisotopic (exact) mass is 229 g/mol. The van der Waals surface area contributed by atoms with Crippen LogP contribution in [0.5, 0.6) is 0 Å². The van der Waals surface area contributed by atoms with Crippen LogP contribution >= 0.6 is 0 Å². The first-order valence-corrected chi connectivity index (χ1v) is 5.04. The van der Waals surface area contributed by atoms with E-state index in [2.05, 4.69) is 15.3 Å². The van der Waals surface area contributed by atoms with Crippen molar-refractivity contribution in [1.29, 1.82) is 0 Å². The van der Waals surface area contributed by atoms with Gasteiger partial charge in [0.1, 0.15) is 0 Å². The van der Waals surface area contributed by atoms with Gasteiger partial charge in [-0.1, -0.05) is 0 Å². The molecule has 0 aliphatic heterocycles. The second-order valence-corrected chi connectivity index (χ2v) is 3.59. The molecule has 5 nitrogen and oxygen atoms in total. The summed E-state index contributed by atoms with van der Waals surface area (Å²) in [6, 6.07) is 6.40. The van der Waals surface area contributed by atoms with Crippen molar-refractivity contribution in [1.82, 2.24) is 9.97 Å². The minimum atomic E-state index is -0.942. The van der Waals surface area contributed by atoms with E-state index in [1.54, 1.807) is 24.5 Å². The Morgan fingerprint density at radius 2 is 1.76 bits per heavy atom. The Morgan fingerprint density at radius 1 is 1.18 bits per heavy atom. The molecule has 0 saturated heterocycles. The highest BCUT2D eigenvalue weighted by Gasteiger charge is 2.02. The summed E-state index contributed by atoms with van der Waals surface area (Å²) in [7, 11) is 0. The van der Waals surface area contributed by atoms with E-state index in [0.717, 1.165) is 11.3 Å². The van der Waals surface area contributed by atoms with Crippen LogP contribution in [0.3, 0.4) is 0 Å². The molecule has 0 spiro atoms. The Kier molecular flexibility index (Phi) is 3.00. The molecule has 2 aromatic rings. The minimum Gasteiger partial charge on any atom is -0.478 e. The molecule has 1 aromatic heterocycles. The first-order chi connectivity index (χ1) is 8.15. The summed E-state index contributed by atoms with van der Waals surface area (Å²) in [4.78, 5) is 18.8. The molecule has 1 aromatic carbocycles. The summed E-state index contributed by atoms with van der Waals surface area (Å²) >= 11 is 0. The van der Waals surface area contributed by atoms with E-state index < -0.39 is 5.97 Å². The quantitative estimate of drug-likeness (QED) is 0.844. The molecule has 2 N–H and O–H groups in total. The van der Waals surface area contributed by atoms with Gasteiger partial charge < -0.3 is 10.4 Å². The number of hydrogen-bond acceptors (Lipinski definition) is 4. The van der Waals surface area contributed by atoms with Crippen LogP contribution in [-0.4, -0.2) is 21.0 Å². The number of anilines is 2. The SMILES string of the molecule is Cc1cnc(Nc2ccc(C(=O)O)cc2)nc1. The Labute approximate surface area is 98.2 Å². The van der Waals surface area contributed by atoms with Crippen LogP contribution in [0.15, 0.2) is 36.7 Å². The van der Waals surface area contributed by atoms with Crippen molar-refractivity contribution in [3.63, 3.8) is 0 Å². The Hall–Kier alpha value is -2.43. The fourth-order valence-electron chi connectivity index (χ4n) is 1.28. The summed E-state index contributed by atoms with van der Waals surface area (Å²) in [6.45, 7) is 1.91. The largest absolute Gasteiger partial charge is 0.478 e. The first-order valence-electron chi connectivity index (χ1n) is 5.04. The van der Waals surface area contributed by atoms with Gasteiger partial charge in [-0.15, -0.1) is 0 Å². The zero-order valence-electron chi connectivity index (χ0n) is 9.21. The second-order valence-electron chi connectivity index (χ2n) is 3.59. The maximum absolute atomic E-state index is 10.7. The number of carboxylic acid groups (broad SMARTS) is 1. The number of nitrogens with zero attached hydrogens (tertiary/aromatic N) is 2. The lowest BCUT2D eigenvalue weighted by Gasteiger charge is -2.04. The first kappa shape index (κ1) is 11.1. The average molecular weight is 229 g/mol. The lowest BCUT2D eigenvalue weighted by atomic mass is 10.2. The molecular formula is C12H11N3O2. The minimum absolute atomic E-state index is 0.250. The molecule has 5 heteroatoms. The summed E-state index contributed by atoms with van der Waals surface area (Å²) in [5, 5.41) is 11.7. The summed E-state index contributed by atoms with van der Waals surface area (Å²) in [5.41, 5.74) is 1.98. The van der Waals surface area contributed by atoms with Crippen molar-refractivity contribution >= 4 is 17.6 Å². The molecule has 0 unspecified atom stereocenters. The Balaban J connectivity index is 2.13. The van der Waals surface area contributed by atoms with E-state index in [1.807, 2.05) is 6.92 Å². The normalized spacial score (nSPS) is 9.94. The van der Waals surface area contributed by atoms with Crippen molar-refractivity contribution in [2.75, 3.05) is 5.32 Å². The van der Waals surface area contributed by atoms with Gasteiger partial charge in [-0.25, -0.2) is 14.8 Å². The van der Waals surface area contributed by atoms with Crippen LogP contribution < -0.4 is 5.32 Å². The van der Waals surface area contributed by atoms with Crippen LogP contribution in [0, 0.1) is 6.92 Å². The van der Waals surface area contributed by atoms with E-state index in [0.29, 0.717) is 5.95 Å². The van der Waals surface area contributed by atoms with Crippen molar-refractivity contribution < 1.29 is 9.90 Å². The molecule has 0 fully saturated rings. The van der Waals surface area contributed by atoms with Crippen LogP contribution in [0.1, 0.15) is 15.9 Å². The molecule has 0 bridgehead atoms. The van der Waals surface area contributed by atoms with Crippen LogP contribution in [0.25, 0.3) is 0 Å². The van der Waals surface area contributed by atoms with Gasteiger partial charge in [0.25, 0.3) is 0 Å². The van der Waals surface area contributed by atoms with Gasteiger partial charge in [-0.2, -0.15) is 0 Å². The van der Waals surface area contributed by atoms with Gasteiger partial charge in [-0.05, 0) is 36.8 Å². The highest BCUT2D eigenvalue weighted by Crippen LogP contribution is 2.13. The molecular weight excluding hydrogens is 218 g/mol. The van der Waals surface area contributed by atoms with E-state index >= 15 is 0 Å². The van der Waals surface area contributed by atoms with E-state index in [9.17, 15) is 4.79 Å². The van der Waals surface area contributed by atoms with Crippen LogP contribution in [-0.2, 0) is 0 Å². The maximum atomic E-state index is 10.7. The molecule has 86 valence electrons. The van der Waals surface area contributed by atoms with Gasteiger partial charge in [0.15, 0.2) is 0 Å². The molecule has 2 rings (SSSR count). The third-order valence-electron chi connectivity index (χ3n) is 2.17. The smallest absolute Gasteiger partial charge is 0.335 e. The van der Waals surface area contributed by atoms with Crippen LogP contribution in [0.4, 0.5) is 11.6 Å². The maximum Gasteiger partial charge on any atom is 0.335 e. The van der Waals surface area contributed by atoms with Gasteiger partial charge in [-0.3, -0.25) is 0 Å². The third-order valence-corrected chi connectivity index (χ3v) is 2.17. The van der Waals surface area contributed by atoms with Crippen molar-refractivity contribution in [2.24, 2.45) is 0 Å². The van der Waals surface area contributed by atoms with Crippen molar-refractivity contribution in [2.45, 2.75) is 6.92 Å². The lowest BCUT2D eigenvalue weighted by molar-refractivity contribution is 0.0697. The van der Waals surface area contributed by atoms with Gasteiger partial charge in [0, 0.05) is 18.1 Å². The van der Waals surface area contributed by atoms with E-state index in [1.165, 1.54) is 12.1 Å². The summed E-state index contributed by atoms with van der Waals surface area (Å²) in [5.74, 6) is -0.457. The molecule has 0 atom stereocenters. The fourth-order valence-corrected chi connectivity index (χ4v) is 1.28. The molecule has 0 aliphatic rings. The van der Waals surface area contributed by atoms with Gasteiger partial charge in [0.05, 0.1) is 5.56 Å². The second kappa shape index (κ2) is 4.61. The number of hydrogen-bond donors (Lipinski definition) is 2. The van der Waals surface area contributed by atoms with Crippen molar-refractivity contribution in [3.05, 3.63) is 47.8 Å². The molecule has 0 radical (unpaired) electrons. The molecule has 17 heavy (non-hydrogen) atoms. The summed E-state index contributed by atoms with van der Waals surface area (Å²) < 4.78 is 0. The van der Waals surface area contributed by atoms with Crippen molar-refractivity contribution in [3.8, 4) is 0 Å². The van der Waals surface area contributed by atoms with E-state index in [4.69, 9.17) is 5.11 Å². The number of aromatic carboxylic acids is 1. The number of benzene rings is 1. The highest BCUT2D eigenvalue weighted by molar-refractivity contribution is 5.88. The highest BCUT2D eigenvalue weighted by atomic mass is 16.4. The fraction of sp³-hybridized carbons (Fsp3) is 0.0833. The third kappa shape index (κ3) is 2.78. The lowest BCUT2D eigenvalue weighted by Crippen LogP contribution is -1.99. The van der Waals surface area contributed by atoms with Crippen LogP contribution in [0.2, 0.25) is 0 Å². The summed E-state index contributed by atoms with van der Waals surface area (Å²) in [6.07, 6.45) is 3.42. The zero-order valence-corrected chi connectivity index (χ0v) is 9.21. The van der Waals surface area contributed by atoms with Gasteiger partial charge in [0.2, 0.25) is 5.95 Å². The van der Waals surface area contributed by atoms with Gasteiger partial charge >= 0.3 is 5.97 Å². The predicted molar refractivity (Wildman–Crippen MR) is 63.5 cm³/mol. The number of aryl methyl sites for hydroxylation is 1. The molecule has 0 saturated carbocycles. The number of aromatic nitrogens is 2. The number of rotatable bonds is 3. The average Bonchev–Trinajstić information content (AvgIpc) is 2.33. The molecule has 1 heterocycles. The predicted octanol–water partition coefficient (Wildman–Crippen LogP) is 2.23. The topological polar surface area (TPSA) is 75.1 Å². The Bertz CT molecular complexity index is 520.